The van der Waals surface area contributed by atoms with Gasteiger partial charge in [0.05, 0.1) is 19.2 Å². The average Bonchev–Trinajstić information content (AvgIpc) is 2.85. The van der Waals surface area contributed by atoms with Gasteiger partial charge in [0, 0.05) is 12.5 Å². The third-order valence-corrected chi connectivity index (χ3v) is 5.52. The highest BCUT2D eigenvalue weighted by atomic mass is 16.5. The number of hydrogen-bond acceptors (Lipinski definition) is 4. The van der Waals surface area contributed by atoms with Gasteiger partial charge in [-0.3, -0.25) is 15.0 Å². The number of benzene rings is 2. The molecule has 1 aliphatic heterocycles. The van der Waals surface area contributed by atoms with Gasteiger partial charge < -0.3 is 10.1 Å². The van der Waals surface area contributed by atoms with Gasteiger partial charge >= 0.3 is 0 Å². The predicted molar refractivity (Wildman–Crippen MR) is 121 cm³/mol. The first-order valence-corrected chi connectivity index (χ1v) is 10.8. The fourth-order valence-corrected chi connectivity index (χ4v) is 4.34. The minimum Gasteiger partial charge on any atom is -0.496 e. The number of nitrogens with zero attached hydrogens (tertiary/aromatic N) is 1. The van der Waals surface area contributed by atoms with Crippen LogP contribution in [0, 0.1) is 0 Å². The Bertz CT molecular complexity index is 908. The second-order valence-corrected chi connectivity index (χ2v) is 9.16. The van der Waals surface area contributed by atoms with E-state index in [-0.39, 0.29) is 29.3 Å². The van der Waals surface area contributed by atoms with E-state index in [0.717, 1.165) is 16.9 Å². The van der Waals surface area contributed by atoms with E-state index in [2.05, 4.69) is 16.8 Å². The third-order valence-electron chi connectivity index (χ3n) is 5.52. The summed E-state index contributed by atoms with van der Waals surface area (Å²) in [5, 5.41) is 5.00. The smallest absolute Gasteiger partial charge is 0.258 e. The van der Waals surface area contributed by atoms with Gasteiger partial charge in [-0.15, -0.1) is 0 Å². The molecule has 0 aliphatic carbocycles. The maximum atomic E-state index is 13.7. The summed E-state index contributed by atoms with van der Waals surface area (Å²) in [4.78, 5) is 25.7. The Morgan fingerprint density at radius 3 is 2.29 bits per heavy atom. The second kappa shape index (κ2) is 9.52. The molecule has 0 aromatic heterocycles. The molecule has 1 saturated heterocycles. The summed E-state index contributed by atoms with van der Waals surface area (Å²) < 4.78 is 5.65. The van der Waals surface area contributed by atoms with E-state index in [9.17, 15) is 9.59 Å². The largest absolute Gasteiger partial charge is 0.496 e. The predicted octanol–water partition coefficient (Wildman–Crippen LogP) is 3.95. The first-order valence-electron chi connectivity index (χ1n) is 10.8. The lowest BCUT2D eigenvalue weighted by Gasteiger charge is -2.34. The molecule has 0 bridgehead atoms. The van der Waals surface area contributed by atoms with E-state index in [1.165, 1.54) is 11.9 Å². The molecular weight excluding hydrogens is 390 g/mol. The monoisotopic (exact) mass is 423 g/mol. The number of carbonyl (C=O) groups excluding carboxylic acids is 2. The Morgan fingerprint density at radius 2 is 1.68 bits per heavy atom. The lowest BCUT2D eigenvalue weighted by Crippen LogP contribution is -2.56. The van der Waals surface area contributed by atoms with Crippen LogP contribution < -0.4 is 15.5 Å². The minimum atomic E-state index is -0.449. The lowest BCUT2D eigenvalue weighted by molar-refractivity contribution is -0.145. The second-order valence-electron chi connectivity index (χ2n) is 9.16. The fraction of sp³-hybridized carbons (Fsp3) is 0.440. The Labute approximate surface area is 184 Å². The summed E-state index contributed by atoms with van der Waals surface area (Å²) in [5.41, 5.74) is 4.61. The van der Waals surface area contributed by atoms with E-state index < -0.39 is 6.04 Å². The summed E-state index contributed by atoms with van der Waals surface area (Å²) in [7, 11) is 1.67. The topological polar surface area (TPSA) is 70.7 Å². The molecule has 2 aromatic rings. The van der Waals surface area contributed by atoms with E-state index in [4.69, 9.17) is 4.74 Å². The van der Waals surface area contributed by atoms with Crippen LogP contribution in [-0.4, -0.2) is 35.5 Å². The summed E-state index contributed by atoms with van der Waals surface area (Å²) >= 11 is 0. The highest BCUT2D eigenvalue weighted by Gasteiger charge is 2.40. The normalized spacial score (nSPS) is 22.0. The molecule has 0 saturated carbocycles. The molecule has 31 heavy (non-hydrogen) atoms. The Kier molecular flexibility index (Phi) is 7.01. The summed E-state index contributed by atoms with van der Waals surface area (Å²) in [6.07, 6.45) is 1.27. The molecule has 166 valence electrons. The number of para-hydroxylation sites is 1. The van der Waals surface area contributed by atoms with Gasteiger partial charge in [0.1, 0.15) is 5.75 Å². The number of ether oxygens (including phenoxy) is 1. The molecule has 6 nitrogen and oxygen atoms in total. The fourth-order valence-electron chi connectivity index (χ4n) is 4.34. The summed E-state index contributed by atoms with van der Waals surface area (Å²) in [6.45, 7) is 7.56. The maximum absolute atomic E-state index is 13.7. The van der Waals surface area contributed by atoms with E-state index in [1.807, 2.05) is 69.3 Å². The Morgan fingerprint density at radius 1 is 1.03 bits per heavy atom. The molecule has 2 amide bonds. The molecular formula is C25H33N3O3. The van der Waals surface area contributed by atoms with Crippen LogP contribution in [0.25, 0.3) is 0 Å². The highest BCUT2D eigenvalue weighted by Crippen LogP contribution is 2.41. The number of rotatable bonds is 5. The van der Waals surface area contributed by atoms with Crippen LogP contribution >= 0.6 is 0 Å². The number of amides is 2. The molecule has 3 atom stereocenters. The van der Waals surface area contributed by atoms with Crippen LogP contribution in [0.2, 0.25) is 0 Å². The average molecular weight is 424 g/mol. The zero-order valence-electron chi connectivity index (χ0n) is 19.0. The molecule has 3 rings (SSSR count). The van der Waals surface area contributed by atoms with Gasteiger partial charge in [-0.05, 0) is 56.7 Å². The molecule has 0 spiro atoms. The minimum absolute atomic E-state index is 0.0592. The molecule has 1 heterocycles. The first-order chi connectivity index (χ1) is 14.7. The zero-order chi connectivity index (χ0) is 22.6. The molecule has 2 aromatic carbocycles. The van der Waals surface area contributed by atoms with Crippen LogP contribution in [0.4, 0.5) is 0 Å². The SMILES string of the molecule is COc1ccccc1C1CC(NC(C)(C)C)C(=O)N(NC(C)=O)C(c2ccccc2)C1. The number of nitrogens with one attached hydrogen (secondary N) is 2. The molecule has 6 heteroatoms. The van der Waals surface area contributed by atoms with E-state index in [0.29, 0.717) is 12.8 Å². The van der Waals surface area contributed by atoms with Crippen LogP contribution in [0.5, 0.6) is 5.75 Å². The van der Waals surface area contributed by atoms with Crippen molar-refractivity contribution >= 4 is 11.8 Å². The molecule has 1 fully saturated rings. The third kappa shape index (κ3) is 5.64. The van der Waals surface area contributed by atoms with Crippen LogP contribution in [0.15, 0.2) is 54.6 Å². The van der Waals surface area contributed by atoms with Crippen molar-refractivity contribution < 1.29 is 14.3 Å². The first kappa shape index (κ1) is 22.8. The van der Waals surface area contributed by atoms with Crippen molar-refractivity contribution in [2.75, 3.05) is 7.11 Å². The van der Waals surface area contributed by atoms with Gasteiger partial charge in [-0.1, -0.05) is 48.5 Å². The standard InChI is InChI=1S/C25H33N3O3/c1-17(29)27-28-22(18-11-7-6-8-12-18)16-19(20-13-9-10-14-23(20)31-5)15-21(24(28)30)26-25(2,3)4/h6-14,19,21-22,26H,15-16H2,1-5H3,(H,27,29). The molecule has 1 aliphatic rings. The van der Waals surface area contributed by atoms with Gasteiger partial charge in [0.15, 0.2) is 0 Å². The maximum Gasteiger partial charge on any atom is 0.258 e. The summed E-state index contributed by atoms with van der Waals surface area (Å²) in [6, 6.07) is 17.1. The van der Waals surface area contributed by atoms with Gasteiger partial charge in [0.2, 0.25) is 5.91 Å². The quantitative estimate of drug-likeness (QED) is 0.764. The van der Waals surface area contributed by atoms with Crippen LogP contribution in [-0.2, 0) is 9.59 Å². The number of hydrogen-bond donors (Lipinski definition) is 2. The van der Waals surface area contributed by atoms with Gasteiger partial charge in [0.25, 0.3) is 5.91 Å². The lowest BCUT2D eigenvalue weighted by atomic mass is 9.85. The van der Waals surface area contributed by atoms with Crippen molar-refractivity contribution in [3.63, 3.8) is 0 Å². The van der Waals surface area contributed by atoms with Crippen molar-refractivity contribution in [3.05, 3.63) is 65.7 Å². The molecule has 0 radical (unpaired) electrons. The van der Waals surface area contributed by atoms with Crippen molar-refractivity contribution in [1.82, 2.24) is 15.8 Å². The Hall–Kier alpha value is -2.86. The van der Waals surface area contributed by atoms with Gasteiger partial charge in [-0.25, -0.2) is 5.01 Å². The van der Waals surface area contributed by atoms with E-state index >= 15 is 0 Å². The number of carbonyl (C=O) groups is 2. The van der Waals surface area contributed by atoms with Gasteiger partial charge in [-0.2, -0.15) is 0 Å². The molecule has 2 N–H and O–H groups in total. The number of methoxy groups -OCH3 is 1. The van der Waals surface area contributed by atoms with Crippen molar-refractivity contribution in [1.29, 1.82) is 0 Å². The zero-order valence-corrected chi connectivity index (χ0v) is 19.0. The van der Waals surface area contributed by atoms with Crippen molar-refractivity contribution in [2.45, 2.75) is 64.1 Å². The van der Waals surface area contributed by atoms with Crippen molar-refractivity contribution in [2.24, 2.45) is 0 Å². The van der Waals surface area contributed by atoms with E-state index in [1.54, 1.807) is 7.11 Å². The van der Waals surface area contributed by atoms with Crippen molar-refractivity contribution in [3.8, 4) is 5.75 Å². The Balaban J connectivity index is 2.10. The summed E-state index contributed by atoms with van der Waals surface area (Å²) in [5.74, 6) is 0.481. The highest BCUT2D eigenvalue weighted by molar-refractivity contribution is 5.85. The van der Waals surface area contributed by atoms with Crippen LogP contribution in [0.3, 0.4) is 0 Å². The molecule has 3 unspecified atom stereocenters. The number of hydrazine groups is 1. The van der Waals surface area contributed by atoms with Crippen LogP contribution in [0.1, 0.15) is 63.6 Å².